The Labute approximate surface area is 113 Å². The molecule has 0 amide bonds. The fourth-order valence-corrected chi connectivity index (χ4v) is 1.52. The van der Waals surface area contributed by atoms with Crippen molar-refractivity contribution < 1.29 is 17.9 Å². The van der Waals surface area contributed by atoms with Crippen LogP contribution in [0.15, 0.2) is 36.8 Å². The standard InChI is InChI=1S/C11H10F3N3O.ClH/c12-11(13,14)18-9-3-1-2-8(4-9)5-17-6-10(15)16-7-17;/h1-4,6-7H,5,15H2;1H. The highest BCUT2D eigenvalue weighted by atomic mass is 35.5. The van der Waals surface area contributed by atoms with E-state index in [1.165, 1.54) is 24.5 Å². The predicted molar refractivity (Wildman–Crippen MR) is 66.1 cm³/mol. The van der Waals surface area contributed by atoms with E-state index < -0.39 is 6.36 Å². The van der Waals surface area contributed by atoms with Gasteiger partial charge in [-0.25, -0.2) is 4.98 Å². The second kappa shape index (κ2) is 5.83. The molecule has 2 aromatic rings. The van der Waals surface area contributed by atoms with Gasteiger partial charge in [0.1, 0.15) is 11.6 Å². The van der Waals surface area contributed by atoms with Gasteiger partial charge in [0, 0.05) is 12.7 Å². The maximum Gasteiger partial charge on any atom is 0.573 e. The molecule has 2 N–H and O–H groups in total. The average Bonchev–Trinajstić information content (AvgIpc) is 2.62. The molecule has 0 aliphatic rings. The Morgan fingerprint density at radius 2 is 2.05 bits per heavy atom. The summed E-state index contributed by atoms with van der Waals surface area (Å²) >= 11 is 0. The molecule has 0 saturated heterocycles. The van der Waals surface area contributed by atoms with Crippen molar-refractivity contribution in [2.75, 3.05) is 5.73 Å². The normalized spacial score (nSPS) is 10.9. The molecule has 0 saturated carbocycles. The molecule has 0 spiro atoms. The summed E-state index contributed by atoms with van der Waals surface area (Å²) in [6, 6.07) is 5.76. The van der Waals surface area contributed by atoms with Crippen LogP contribution in [0.4, 0.5) is 19.0 Å². The molecule has 0 radical (unpaired) electrons. The third-order valence-electron chi connectivity index (χ3n) is 2.15. The van der Waals surface area contributed by atoms with Crippen LogP contribution < -0.4 is 10.5 Å². The van der Waals surface area contributed by atoms with Crippen molar-refractivity contribution in [3.8, 4) is 5.75 Å². The number of nitrogen functional groups attached to an aromatic ring is 1. The fourth-order valence-electron chi connectivity index (χ4n) is 1.52. The lowest BCUT2D eigenvalue weighted by Gasteiger charge is -2.10. The van der Waals surface area contributed by atoms with E-state index in [1.54, 1.807) is 16.8 Å². The lowest BCUT2D eigenvalue weighted by atomic mass is 10.2. The molecule has 0 atom stereocenters. The van der Waals surface area contributed by atoms with Crippen LogP contribution in [-0.2, 0) is 6.54 Å². The van der Waals surface area contributed by atoms with Crippen molar-refractivity contribution in [2.45, 2.75) is 12.9 Å². The van der Waals surface area contributed by atoms with Gasteiger partial charge in [0.25, 0.3) is 0 Å². The highest BCUT2D eigenvalue weighted by Gasteiger charge is 2.31. The van der Waals surface area contributed by atoms with E-state index in [0.717, 1.165) is 0 Å². The Morgan fingerprint density at radius 3 is 2.63 bits per heavy atom. The first kappa shape index (κ1) is 15.2. The molecule has 19 heavy (non-hydrogen) atoms. The molecular weight excluding hydrogens is 283 g/mol. The van der Waals surface area contributed by atoms with Crippen LogP contribution in [0.1, 0.15) is 5.56 Å². The minimum absolute atomic E-state index is 0. The molecule has 1 aromatic carbocycles. The zero-order valence-corrected chi connectivity index (χ0v) is 10.4. The van der Waals surface area contributed by atoms with Gasteiger partial charge in [0.15, 0.2) is 0 Å². The monoisotopic (exact) mass is 293 g/mol. The van der Waals surface area contributed by atoms with Crippen LogP contribution in [-0.4, -0.2) is 15.9 Å². The van der Waals surface area contributed by atoms with Crippen LogP contribution in [0.3, 0.4) is 0 Å². The van der Waals surface area contributed by atoms with Gasteiger partial charge in [-0.05, 0) is 17.7 Å². The van der Waals surface area contributed by atoms with Gasteiger partial charge in [-0.2, -0.15) is 0 Å². The van der Waals surface area contributed by atoms with Crippen molar-refractivity contribution in [3.05, 3.63) is 42.4 Å². The van der Waals surface area contributed by atoms with Crippen molar-refractivity contribution in [2.24, 2.45) is 0 Å². The topological polar surface area (TPSA) is 53.1 Å². The predicted octanol–water partition coefficient (Wildman–Crippen LogP) is 2.83. The van der Waals surface area contributed by atoms with Crippen LogP contribution >= 0.6 is 12.4 Å². The summed E-state index contributed by atoms with van der Waals surface area (Å²) in [7, 11) is 0. The summed E-state index contributed by atoms with van der Waals surface area (Å²) in [4.78, 5) is 3.82. The number of nitrogens with two attached hydrogens (primary N) is 1. The second-order valence-corrected chi connectivity index (χ2v) is 3.67. The first-order valence-corrected chi connectivity index (χ1v) is 5.04. The van der Waals surface area contributed by atoms with Gasteiger partial charge in [-0.15, -0.1) is 25.6 Å². The fraction of sp³-hybridized carbons (Fsp3) is 0.182. The van der Waals surface area contributed by atoms with Crippen LogP contribution in [0.2, 0.25) is 0 Å². The van der Waals surface area contributed by atoms with Crippen molar-refractivity contribution in [3.63, 3.8) is 0 Å². The summed E-state index contributed by atoms with van der Waals surface area (Å²) in [5.74, 6) is 0.116. The number of ether oxygens (including phenoxy) is 1. The maximum absolute atomic E-state index is 12.0. The van der Waals surface area contributed by atoms with E-state index in [9.17, 15) is 13.2 Å². The zero-order chi connectivity index (χ0) is 13.2. The van der Waals surface area contributed by atoms with Gasteiger partial charge in [-0.3, -0.25) is 0 Å². The van der Waals surface area contributed by atoms with Crippen LogP contribution in [0, 0.1) is 0 Å². The minimum atomic E-state index is -4.68. The summed E-state index contributed by atoms with van der Waals surface area (Å²) in [5.41, 5.74) is 6.10. The first-order valence-electron chi connectivity index (χ1n) is 5.04. The largest absolute Gasteiger partial charge is 0.573 e. The van der Waals surface area contributed by atoms with Crippen molar-refractivity contribution >= 4 is 18.2 Å². The maximum atomic E-state index is 12.0. The van der Waals surface area contributed by atoms with Gasteiger partial charge in [0.2, 0.25) is 0 Å². The number of hydrogen-bond acceptors (Lipinski definition) is 3. The van der Waals surface area contributed by atoms with E-state index >= 15 is 0 Å². The smallest absolute Gasteiger partial charge is 0.406 e. The summed E-state index contributed by atoms with van der Waals surface area (Å²) < 4.78 is 41.7. The lowest BCUT2D eigenvalue weighted by Crippen LogP contribution is -2.17. The number of nitrogens with zero attached hydrogens (tertiary/aromatic N) is 2. The SMILES string of the molecule is Cl.Nc1cn(Cc2cccc(OC(F)(F)F)c2)cn1. The van der Waals surface area contributed by atoms with Crippen molar-refractivity contribution in [1.29, 1.82) is 0 Å². The molecule has 104 valence electrons. The molecule has 0 aliphatic carbocycles. The molecule has 4 nitrogen and oxygen atoms in total. The molecule has 0 unspecified atom stereocenters. The van der Waals surface area contributed by atoms with Gasteiger partial charge >= 0.3 is 6.36 Å². The zero-order valence-electron chi connectivity index (χ0n) is 9.59. The Balaban J connectivity index is 0.00000180. The molecule has 1 aromatic heterocycles. The molecule has 2 rings (SSSR count). The molecular formula is C11H11ClF3N3O. The van der Waals surface area contributed by atoms with E-state index in [2.05, 4.69) is 9.72 Å². The number of anilines is 1. The molecule has 0 fully saturated rings. The van der Waals surface area contributed by atoms with Gasteiger partial charge < -0.3 is 15.0 Å². The molecule has 8 heteroatoms. The Hall–Kier alpha value is -1.89. The number of alkyl halides is 3. The lowest BCUT2D eigenvalue weighted by molar-refractivity contribution is -0.274. The Kier molecular flexibility index (Phi) is 4.66. The Morgan fingerprint density at radius 1 is 1.32 bits per heavy atom. The van der Waals surface area contributed by atoms with E-state index in [-0.39, 0.29) is 18.2 Å². The van der Waals surface area contributed by atoms with E-state index in [0.29, 0.717) is 17.9 Å². The summed E-state index contributed by atoms with van der Waals surface area (Å²) in [6.07, 6.45) is -1.58. The minimum Gasteiger partial charge on any atom is -0.406 e. The van der Waals surface area contributed by atoms with Gasteiger partial charge in [-0.1, -0.05) is 12.1 Å². The number of rotatable bonds is 3. The molecule has 0 aliphatic heterocycles. The number of halogens is 4. The number of imidazole rings is 1. The third kappa shape index (κ3) is 4.70. The van der Waals surface area contributed by atoms with Gasteiger partial charge in [0.05, 0.1) is 6.33 Å². The summed E-state index contributed by atoms with van der Waals surface area (Å²) in [6.45, 7) is 0.374. The van der Waals surface area contributed by atoms with E-state index in [1.807, 2.05) is 0 Å². The number of hydrogen-bond donors (Lipinski definition) is 1. The first-order chi connectivity index (χ1) is 8.42. The van der Waals surface area contributed by atoms with Crippen LogP contribution in [0.25, 0.3) is 0 Å². The Bertz CT molecular complexity index is 542. The molecule has 1 heterocycles. The third-order valence-corrected chi connectivity index (χ3v) is 2.15. The average molecular weight is 294 g/mol. The van der Waals surface area contributed by atoms with E-state index in [4.69, 9.17) is 5.73 Å². The van der Waals surface area contributed by atoms with Crippen LogP contribution in [0.5, 0.6) is 5.75 Å². The number of benzene rings is 1. The highest BCUT2D eigenvalue weighted by Crippen LogP contribution is 2.23. The second-order valence-electron chi connectivity index (χ2n) is 3.67. The number of aromatic nitrogens is 2. The summed E-state index contributed by atoms with van der Waals surface area (Å²) in [5, 5.41) is 0. The quantitative estimate of drug-likeness (QED) is 0.947. The highest BCUT2D eigenvalue weighted by molar-refractivity contribution is 5.85. The molecule has 0 bridgehead atoms. The van der Waals surface area contributed by atoms with Crippen molar-refractivity contribution in [1.82, 2.24) is 9.55 Å².